The van der Waals surface area contributed by atoms with E-state index in [2.05, 4.69) is 10.6 Å². The molecule has 0 spiro atoms. The molecule has 1 N–H and O–H groups in total. The van der Waals surface area contributed by atoms with Gasteiger partial charge in [0.15, 0.2) is 12.0 Å². The molecule has 0 aliphatic carbocycles. The number of para-hydroxylation sites is 1. The number of rotatable bonds is 4. The number of carbonyl (C=O) groups is 1. The van der Waals surface area contributed by atoms with E-state index in [9.17, 15) is 9.59 Å². The Morgan fingerprint density at radius 1 is 1.07 bits per heavy atom. The Labute approximate surface area is 155 Å². The molecule has 4 rings (SSSR count). The number of amides is 1. The third kappa shape index (κ3) is 3.60. The topological polar surface area (TPSA) is 82.4 Å². The Morgan fingerprint density at radius 3 is 2.56 bits per heavy atom. The number of benzene rings is 2. The fourth-order valence-corrected chi connectivity index (χ4v) is 3.07. The summed E-state index contributed by atoms with van der Waals surface area (Å²) in [7, 11) is 0. The molecule has 1 amide bonds. The monoisotopic (exact) mass is 365 g/mol. The van der Waals surface area contributed by atoms with Crippen molar-refractivity contribution in [2.24, 2.45) is 0 Å². The van der Waals surface area contributed by atoms with Crippen molar-refractivity contribution in [2.75, 3.05) is 6.61 Å². The number of hydrogen-bond donors (Lipinski definition) is 1. The van der Waals surface area contributed by atoms with E-state index in [0.29, 0.717) is 23.1 Å². The van der Waals surface area contributed by atoms with E-state index in [0.717, 1.165) is 19.3 Å². The summed E-state index contributed by atoms with van der Waals surface area (Å²) in [6.45, 7) is 0.612. The van der Waals surface area contributed by atoms with Crippen LogP contribution in [-0.4, -0.2) is 28.6 Å². The molecule has 1 unspecified atom stereocenters. The highest BCUT2D eigenvalue weighted by Gasteiger charge is 2.20. The fourth-order valence-electron chi connectivity index (χ4n) is 3.07. The van der Waals surface area contributed by atoms with Crippen molar-refractivity contribution in [3.63, 3.8) is 0 Å². The lowest BCUT2D eigenvalue weighted by Gasteiger charge is -2.22. The molecule has 1 aliphatic rings. The minimum atomic E-state index is -0.523. The quantitative estimate of drug-likeness (QED) is 0.719. The Balaban J connectivity index is 1.71. The predicted octanol–water partition coefficient (Wildman–Crippen LogP) is 2.57. The lowest BCUT2D eigenvalue weighted by molar-refractivity contribution is -0.186. The summed E-state index contributed by atoms with van der Waals surface area (Å²) in [4.78, 5) is 30.9. The van der Waals surface area contributed by atoms with E-state index in [1.165, 1.54) is 4.68 Å². The molecule has 0 bridgehead atoms. The van der Waals surface area contributed by atoms with Gasteiger partial charge in [-0.2, -0.15) is 9.78 Å². The van der Waals surface area contributed by atoms with Crippen LogP contribution in [-0.2, 0) is 9.57 Å². The zero-order chi connectivity index (χ0) is 18.6. The summed E-state index contributed by atoms with van der Waals surface area (Å²) < 4.78 is 6.68. The molecule has 1 aromatic heterocycles. The third-order valence-electron chi connectivity index (χ3n) is 4.44. The average molecular weight is 365 g/mol. The van der Waals surface area contributed by atoms with Gasteiger partial charge in [0.1, 0.15) is 0 Å². The molecule has 138 valence electrons. The Hall–Kier alpha value is -3.03. The van der Waals surface area contributed by atoms with Gasteiger partial charge in [-0.05, 0) is 31.0 Å². The summed E-state index contributed by atoms with van der Waals surface area (Å²) in [6, 6.07) is 15.9. The normalized spacial score (nSPS) is 17.0. The van der Waals surface area contributed by atoms with Crippen molar-refractivity contribution < 1.29 is 14.4 Å². The number of fused-ring (bicyclic) bond motifs is 1. The van der Waals surface area contributed by atoms with E-state index in [1.807, 2.05) is 18.2 Å². The Kier molecular flexibility index (Phi) is 4.95. The minimum Gasteiger partial charge on any atom is -0.350 e. The second kappa shape index (κ2) is 7.69. The molecule has 2 aromatic carbocycles. The average Bonchev–Trinajstić information content (AvgIpc) is 2.74. The van der Waals surface area contributed by atoms with Gasteiger partial charge in [0, 0.05) is 18.4 Å². The number of nitrogens with zero attached hydrogens (tertiary/aromatic N) is 2. The number of nitrogens with one attached hydrogen (secondary N) is 1. The second-order valence-electron chi connectivity index (χ2n) is 6.29. The van der Waals surface area contributed by atoms with Crippen LogP contribution in [0.3, 0.4) is 0 Å². The van der Waals surface area contributed by atoms with Gasteiger partial charge < -0.3 is 4.74 Å². The molecule has 1 fully saturated rings. The first-order valence-electron chi connectivity index (χ1n) is 8.89. The van der Waals surface area contributed by atoms with Crippen LogP contribution < -0.4 is 11.0 Å². The molecule has 27 heavy (non-hydrogen) atoms. The maximum Gasteiger partial charge on any atom is 0.296 e. The van der Waals surface area contributed by atoms with E-state index < -0.39 is 12.2 Å². The predicted molar refractivity (Wildman–Crippen MR) is 99.5 cm³/mol. The van der Waals surface area contributed by atoms with Crippen LogP contribution in [0, 0.1) is 0 Å². The van der Waals surface area contributed by atoms with Gasteiger partial charge in [0.05, 0.1) is 11.1 Å². The zero-order valence-corrected chi connectivity index (χ0v) is 14.6. The van der Waals surface area contributed by atoms with Crippen LogP contribution in [0.5, 0.6) is 0 Å². The molecule has 3 aromatic rings. The molecule has 1 atom stereocenters. The number of hydrogen-bond acceptors (Lipinski definition) is 5. The van der Waals surface area contributed by atoms with Crippen LogP contribution >= 0.6 is 0 Å². The molecule has 1 aliphatic heterocycles. The van der Waals surface area contributed by atoms with Crippen molar-refractivity contribution >= 4 is 16.7 Å². The largest absolute Gasteiger partial charge is 0.350 e. The van der Waals surface area contributed by atoms with E-state index in [1.54, 1.807) is 36.4 Å². The SMILES string of the molecule is O=C(NOC1CCCCO1)c1nn(-c2ccccc2)c(=O)c2ccccc12. The summed E-state index contributed by atoms with van der Waals surface area (Å²) >= 11 is 0. The van der Waals surface area contributed by atoms with Gasteiger partial charge in [-0.3, -0.25) is 9.59 Å². The van der Waals surface area contributed by atoms with Crippen LogP contribution in [0.4, 0.5) is 0 Å². The van der Waals surface area contributed by atoms with E-state index in [4.69, 9.17) is 9.57 Å². The number of carbonyl (C=O) groups excluding carboxylic acids is 1. The number of ether oxygens (including phenoxy) is 1. The summed E-state index contributed by atoms with van der Waals surface area (Å²) in [6.07, 6.45) is 2.23. The highest BCUT2D eigenvalue weighted by atomic mass is 16.8. The second-order valence-corrected chi connectivity index (χ2v) is 6.29. The van der Waals surface area contributed by atoms with Crippen LogP contribution in [0.15, 0.2) is 59.4 Å². The van der Waals surface area contributed by atoms with Gasteiger partial charge in [0.25, 0.3) is 11.5 Å². The molecule has 2 heterocycles. The lowest BCUT2D eigenvalue weighted by Crippen LogP contribution is -2.35. The van der Waals surface area contributed by atoms with Crippen molar-refractivity contribution in [1.29, 1.82) is 0 Å². The lowest BCUT2D eigenvalue weighted by atomic mass is 10.1. The first-order chi connectivity index (χ1) is 13.2. The molecule has 1 saturated heterocycles. The highest BCUT2D eigenvalue weighted by molar-refractivity contribution is 6.04. The minimum absolute atomic E-state index is 0.116. The molecular formula is C20H19N3O4. The van der Waals surface area contributed by atoms with Gasteiger partial charge in [-0.15, -0.1) is 0 Å². The van der Waals surface area contributed by atoms with Crippen LogP contribution in [0.1, 0.15) is 29.8 Å². The maximum atomic E-state index is 12.8. The van der Waals surface area contributed by atoms with Gasteiger partial charge in [-0.1, -0.05) is 36.4 Å². The van der Waals surface area contributed by atoms with Crippen molar-refractivity contribution in [1.82, 2.24) is 15.3 Å². The first kappa shape index (κ1) is 17.4. The molecule has 0 radical (unpaired) electrons. The highest BCUT2D eigenvalue weighted by Crippen LogP contribution is 2.16. The Bertz CT molecular complexity index is 1010. The molecular weight excluding hydrogens is 346 g/mol. The number of aromatic nitrogens is 2. The van der Waals surface area contributed by atoms with Crippen LogP contribution in [0.25, 0.3) is 16.5 Å². The summed E-state index contributed by atoms with van der Waals surface area (Å²) in [5.41, 5.74) is 2.83. The fraction of sp³-hybridized carbons (Fsp3) is 0.250. The van der Waals surface area contributed by atoms with Crippen molar-refractivity contribution in [2.45, 2.75) is 25.6 Å². The summed E-state index contributed by atoms with van der Waals surface area (Å²) in [5, 5.41) is 5.19. The Morgan fingerprint density at radius 2 is 1.81 bits per heavy atom. The van der Waals surface area contributed by atoms with Crippen molar-refractivity contribution in [3.8, 4) is 5.69 Å². The third-order valence-corrected chi connectivity index (χ3v) is 4.44. The van der Waals surface area contributed by atoms with Gasteiger partial charge >= 0.3 is 0 Å². The van der Waals surface area contributed by atoms with Gasteiger partial charge in [-0.25, -0.2) is 10.3 Å². The molecule has 7 heteroatoms. The zero-order valence-electron chi connectivity index (χ0n) is 14.6. The summed E-state index contributed by atoms with van der Waals surface area (Å²) in [5.74, 6) is -0.523. The molecule has 0 saturated carbocycles. The smallest absolute Gasteiger partial charge is 0.296 e. The van der Waals surface area contributed by atoms with E-state index >= 15 is 0 Å². The van der Waals surface area contributed by atoms with E-state index in [-0.39, 0.29) is 11.3 Å². The number of hydroxylamine groups is 1. The van der Waals surface area contributed by atoms with Gasteiger partial charge in [0.2, 0.25) is 0 Å². The molecule has 7 nitrogen and oxygen atoms in total. The van der Waals surface area contributed by atoms with Crippen LogP contribution in [0.2, 0.25) is 0 Å². The standard InChI is InChI=1S/C20H19N3O4/c24-19(22-27-17-12-6-7-13-26-17)18-15-10-4-5-11-16(15)20(25)23(21-18)14-8-2-1-3-9-14/h1-5,8-11,17H,6-7,12-13H2,(H,22,24). The maximum absolute atomic E-state index is 12.8. The first-order valence-corrected chi connectivity index (χ1v) is 8.89. The van der Waals surface area contributed by atoms with Crippen molar-refractivity contribution in [3.05, 3.63) is 70.6 Å².